The maximum atomic E-state index is 13.2. The first-order chi connectivity index (χ1) is 8.70. The fourth-order valence-electron chi connectivity index (χ4n) is 1.57. The smallest absolute Gasteiger partial charge is 0.255 e. The van der Waals surface area contributed by atoms with Crippen molar-refractivity contribution in [2.75, 3.05) is 5.32 Å². The van der Waals surface area contributed by atoms with Gasteiger partial charge in [-0.3, -0.25) is 4.79 Å². The number of amides is 1. The van der Waals surface area contributed by atoms with Crippen LogP contribution in [0.5, 0.6) is 0 Å². The van der Waals surface area contributed by atoms with Gasteiger partial charge >= 0.3 is 0 Å². The second kappa shape index (κ2) is 5.27. The summed E-state index contributed by atoms with van der Waals surface area (Å²) in [5, 5.41) is 2.71. The summed E-state index contributed by atoms with van der Waals surface area (Å²) in [5.74, 6) is -0.583. The Morgan fingerprint density at radius 2 is 1.89 bits per heavy atom. The maximum absolute atomic E-state index is 13.2. The van der Waals surface area contributed by atoms with Crippen LogP contribution in [0.15, 0.2) is 55.1 Å². The minimum Gasteiger partial charge on any atom is -0.322 e. The van der Waals surface area contributed by atoms with E-state index in [2.05, 4.69) is 11.9 Å². The normalized spacial score (nSPS) is 9.83. The van der Waals surface area contributed by atoms with Gasteiger partial charge in [-0.25, -0.2) is 4.39 Å². The summed E-state index contributed by atoms with van der Waals surface area (Å²) in [5.41, 5.74) is 1.46. The molecule has 3 heteroatoms. The number of hydrogen-bond acceptors (Lipinski definition) is 1. The van der Waals surface area contributed by atoms with E-state index < -0.39 is 0 Å². The predicted molar refractivity (Wildman–Crippen MR) is 70.9 cm³/mol. The van der Waals surface area contributed by atoms with Crippen LogP contribution in [0.2, 0.25) is 0 Å². The molecule has 2 aromatic carbocycles. The molecule has 1 amide bonds. The molecule has 0 spiro atoms. The van der Waals surface area contributed by atoms with Crippen LogP contribution in [-0.2, 0) is 0 Å². The van der Waals surface area contributed by atoms with Crippen molar-refractivity contribution in [3.05, 3.63) is 72.1 Å². The minimum absolute atomic E-state index is 0.225. The van der Waals surface area contributed by atoms with Crippen molar-refractivity contribution in [2.24, 2.45) is 0 Å². The Labute approximate surface area is 105 Å². The average molecular weight is 241 g/mol. The summed E-state index contributed by atoms with van der Waals surface area (Å²) >= 11 is 0. The molecule has 0 aromatic heterocycles. The third-order valence-electron chi connectivity index (χ3n) is 2.51. The predicted octanol–water partition coefficient (Wildman–Crippen LogP) is 3.72. The molecule has 0 fully saturated rings. The molecule has 18 heavy (non-hydrogen) atoms. The third-order valence-corrected chi connectivity index (χ3v) is 2.51. The monoisotopic (exact) mass is 241 g/mol. The lowest BCUT2D eigenvalue weighted by molar-refractivity contribution is 0.102. The Morgan fingerprint density at radius 1 is 1.17 bits per heavy atom. The van der Waals surface area contributed by atoms with Crippen LogP contribution in [0, 0.1) is 5.82 Å². The van der Waals surface area contributed by atoms with E-state index in [4.69, 9.17) is 0 Å². The van der Waals surface area contributed by atoms with E-state index in [1.807, 2.05) is 6.07 Å². The van der Waals surface area contributed by atoms with E-state index in [1.54, 1.807) is 30.3 Å². The zero-order valence-corrected chi connectivity index (χ0v) is 9.69. The molecule has 0 atom stereocenters. The van der Waals surface area contributed by atoms with Crippen LogP contribution >= 0.6 is 0 Å². The Bertz CT molecular complexity index is 578. The van der Waals surface area contributed by atoms with Crippen molar-refractivity contribution in [1.29, 1.82) is 0 Å². The molecular weight excluding hydrogens is 229 g/mol. The summed E-state index contributed by atoms with van der Waals surface area (Å²) in [6.45, 7) is 3.52. The highest BCUT2D eigenvalue weighted by molar-refractivity contribution is 6.04. The van der Waals surface area contributed by atoms with Crippen LogP contribution in [0.1, 0.15) is 15.9 Å². The topological polar surface area (TPSA) is 29.1 Å². The summed E-state index contributed by atoms with van der Waals surface area (Å²) in [7, 11) is 0. The van der Waals surface area contributed by atoms with Crippen LogP contribution in [-0.4, -0.2) is 5.91 Å². The SMILES string of the molecule is C=Cc1cc(NC(=O)c2ccccc2)ccc1F. The van der Waals surface area contributed by atoms with Crippen molar-refractivity contribution in [3.8, 4) is 0 Å². The number of hydrogen-bond donors (Lipinski definition) is 1. The molecule has 0 bridgehead atoms. The molecule has 1 N–H and O–H groups in total. The molecule has 0 aliphatic heterocycles. The molecule has 0 saturated heterocycles. The number of benzene rings is 2. The largest absolute Gasteiger partial charge is 0.322 e. The molecular formula is C15H12FNO. The van der Waals surface area contributed by atoms with Crippen LogP contribution in [0.25, 0.3) is 6.08 Å². The summed E-state index contributed by atoms with van der Waals surface area (Å²) in [4.78, 5) is 11.9. The zero-order chi connectivity index (χ0) is 13.0. The van der Waals surface area contributed by atoms with Crippen LogP contribution in [0.3, 0.4) is 0 Å². The van der Waals surface area contributed by atoms with Gasteiger partial charge in [0.25, 0.3) is 5.91 Å². The molecule has 0 saturated carbocycles. The fourth-order valence-corrected chi connectivity index (χ4v) is 1.57. The Balaban J connectivity index is 2.20. The quantitative estimate of drug-likeness (QED) is 0.871. The first kappa shape index (κ1) is 12.0. The summed E-state index contributed by atoms with van der Waals surface area (Å²) in [6.07, 6.45) is 1.41. The second-order valence-corrected chi connectivity index (χ2v) is 3.76. The molecule has 2 rings (SSSR count). The molecule has 2 nitrogen and oxygen atoms in total. The molecule has 90 valence electrons. The average Bonchev–Trinajstić information content (AvgIpc) is 2.42. The first-order valence-corrected chi connectivity index (χ1v) is 5.49. The van der Waals surface area contributed by atoms with Crippen LogP contribution in [0.4, 0.5) is 10.1 Å². The number of rotatable bonds is 3. The molecule has 0 unspecified atom stereocenters. The molecule has 0 radical (unpaired) electrons. The van der Waals surface area contributed by atoms with Gasteiger partial charge in [0.15, 0.2) is 0 Å². The lowest BCUT2D eigenvalue weighted by atomic mass is 10.1. The standard InChI is InChI=1S/C15H12FNO/c1-2-11-10-13(8-9-14(11)16)17-15(18)12-6-4-3-5-7-12/h2-10H,1H2,(H,17,18). The third kappa shape index (κ3) is 2.63. The maximum Gasteiger partial charge on any atom is 0.255 e. The number of anilines is 1. The van der Waals surface area contributed by atoms with Gasteiger partial charge in [-0.05, 0) is 30.3 Å². The second-order valence-electron chi connectivity index (χ2n) is 3.76. The number of halogens is 1. The summed E-state index contributed by atoms with van der Waals surface area (Å²) < 4.78 is 13.2. The zero-order valence-electron chi connectivity index (χ0n) is 9.69. The Kier molecular flexibility index (Phi) is 3.53. The molecule has 0 aliphatic carbocycles. The molecule has 0 aliphatic rings. The first-order valence-electron chi connectivity index (χ1n) is 5.49. The van der Waals surface area contributed by atoms with Gasteiger partial charge in [-0.15, -0.1) is 0 Å². The van der Waals surface area contributed by atoms with E-state index in [-0.39, 0.29) is 11.7 Å². The van der Waals surface area contributed by atoms with Crippen molar-refractivity contribution in [1.82, 2.24) is 0 Å². The van der Waals surface area contributed by atoms with Gasteiger partial charge in [-0.2, -0.15) is 0 Å². The van der Waals surface area contributed by atoms with Crippen molar-refractivity contribution >= 4 is 17.7 Å². The minimum atomic E-state index is -0.359. The van der Waals surface area contributed by atoms with E-state index in [1.165, 1.54) is 18.2 Å². The lowest BCUT2D eigenvalue weighted by Gasteiger charge is -2.06. The number of carbonyl (C=O) groups excluding carboxylic acids is 1. The van der Waals surface area contributed by atoms with E-state index in [0.717, 1.165) is 0 Å². The fraction of sp³-hybridized carbons (Fsp3) is 0. The summed E-state index contributed by atoms with van der Waals surface area (Å²) in [6, 6.07) is 13.2. The van der Waals surface area contributed by atoms with E-state index in [0.29, 0.717) is 16.8 Å². The highest BCUT2D eigenvalue weighted by Crippen LogP contribution is 2.16. The van der Waals surface area contributed by atoms with E-state index in [9.17, 15) is 9.18 Å². The lowest BCUT2D eigenvalue weighted by Crippen LogP contribution is -2.11. The number of carbonyl (C=O) groups is 1. The Morgan fingerprint density at radius 3 is 2.56 bits per heavy atom. The van der Waals surface area contributed by atoms with Gasteiger partial charge < -0.3 is 5.32 Å². The van der Waals surface area contributed by atoms with Crippen molar-refractivity contribution in [2.45, 2.75) is 0 Å². The van der Waals surface area contributed by atoms with Gasteiger partial charge in [0.2, 0.25) is 0 Å². The van der Waals surface area contributed by atoms with Gasteiger partial charge in [-0.1, -0.05) is 30.9 Å². The van der Waals surface area contributed by atoms with Crippen molar-refractivity contribution < 1.29 is 9.18 Å². The molecule has 2 aromatic rings. The van der Waals surface area contributed by atoms with E-state index >= 15 is 0 Å². The van der Waals surface area contributed by atoms with Gasteiger partial charge in [0.05, 0.1) is 0 Å². The number of nitrogens with one attached hydrogen (secondary N) is 1. The Hall–Kier alpha value is -2.42. The molecule has 0 heterocycles. The highest BCUT2D eigenvalue weighted by atomic mass is 19.1. The highest BCUT2D eigenvalue weighted by Gasteiger charge is 2.06. The van der Waals surface area contributed by atoms with Gasteiger partial charge in [0, 0.05) is 16.8 Å². The van der Waals surface area contributed by atoms with Crippen molar-refractivity contribution in [3.63, 3.8) is 0 Å². The van der Waals surface area contributed by atoms with Gasteiger partial charge in [0.1, 0.15) is 5.82 Å². The van der Waals surface area contributed by atoms with Crippen LogP contribution < -0.4 is 5.32 Å².